The number of thioether (sulfide) groups is 1. The van der Waals surface area contributed by atoms with Gasteiger partial charge in [0, 0.05) is 16.7 Å². The number of hydrogen-bond donors (Lipinski definition) is 4. The van der Waals surface area contributed by atoms with Crippen LogP contribution in [0.15, 0.2) is 40.2 Å². The van der Waals surface area contributed by atoms with Crippen molar-refractivity contribution in [3.05, 3.63) is 40.9 Å². The number of nitrogens with zero attached hydrogens (tertiary/aromatic N) is 3. The molecule has 0 saturated carbocycles. The van der Waals surface area contributed by atoms with Gasteiger partial charge in [-0.05, 0) is 24.3 Å². The van der Waals surface area contributed by atoms with Crippen LogP contribution in [0.1, 0.15) is 0 Å². The number of aromatic amines is 2. The molecule has 1 amide bonds. The highest BCUT2D eigenvalue weighted by molar-refractivity contribution is 8.00. The molecule has 9 nitrogen and oxygen atoms in total. The highest BCUT2D eigenvalue weighted by Gasteiger charge is 2.26. The summed E-state index contributed by atoms with van der Waals surface area (Å²) in [6.07, 6.45) is 1.66. The highest BCUT2D eigenvalue weighted by Crippen LogP contribution is 2.38. The summed E-state index contributed by atoms with van der Waals surface area (Å²) in [6, 6.07) is 9.03. The van der Waals surface area contributed by atoms with Crippen LogP contribution in [0, 0.1) is 11.3 Å². The number of benzene rings is 1. The zero-order valence-corrected chi connectivity index (χ0v) is 14.8. The number of aromatic nitrogens is 3. The summed E-state index contributed by atoms with van der Waals surface area (Å²) in [6.45, 7) is -0.0579. The van der Waals surface area contributed by atoms with Gasteiger partial charge < -0.3 is 16.5 Å². The molecule has 0 bridgehead atoms. The van der Waals surface area contributed by atoms with Crippen LogP contribution in [0.3, 0.4) is 0 Å². The number of nitrogens with two attached hydrogens (primary N) is 2. The number of nitrogens with one attached hydrogen (secondary N) is 2. The first-order chi connectivity index (χ1) is 13.0. The van der Waals surface area contributed by atoms with Crippen LogP contribution in [0.25, 0.3) is 16.9 Å². The first-order valence-electron chi connectivity index (χ1n) is 7.99. The van der Waals surface area contributed by atoms with Crippen LogP contribution in [0.4, 0.5) is 17.3 Å². The van der Waals surface area contributed by atoms with Gasteiger partial charge in [-0.3, -0.25) is 19.2 Å². The Hall–Kier alpha value is -3.58. The molecule has 1 aliphatic heterocycles. The fourth-order valence-electron chi connectivity index (χ4n) is 3.13. The smallest absolute Gasteiger partial charge is 0.332 e. The van der Waals surface area contributed by atoms with E-state index in [1.807, 2.05) is 12.1 Å². The number of amides is 1. The maximum absolute atomic E-state index is 12.5. The number of nitrogen functional groups attached to an aromatic ring is 2. The van der Waals surface area contributed by atoms with Gasteiger partial charge in [-0.2, -0.15) is 5.26 Å². The van der Waals surface area contributed by atoms with Crippen LogP contribution in [0.5, 0.6) is 0 Å². The van der Waals surface area contributed by atoms with E-state index in [4.69, 9.17) is 16.7 Å². The number of carbonyl (C=O) groups excluding carboxylic acids is 1. The predicted molar refractivity (Wildman–Crippen MR) is 104 cm³/mol. The fraction of sp³-hybridized carbons (Fsp3) is 0.118. The Balaban J connectivity index is 1.92. The molecule has 0 saturated heterocycles. The van der Waals surface area contributed by atoms with Crippen molar-refractivity contribution in [1.29, 1.82) is 5.26 Å². The highest BCUT2D eigenvalue weighted by atomic mass is 32.2. The summed E-state index contributed by atoms with van der Waals surface area (Å²) in [5.41, 5.74) is 13.7. The van der Waals surface area contributed by atoms with E-state index in [0.717, 1.165) is 4.90 Å². The van der Waals surface area contributed by atoms with Crippen molar-refractivity contribution in [3.63, 3.8) is 0 Å². The lowest BCUT2D eigenvalue weighted by Gasteiger charge is -2.27. The van der Waals surface area contributed by atoms with Gasteiger partial charge in [0.1, 0.15) is 23.9 Å². The van der Waals surface area contributed by atoms with Crippen LogP contribution < -0.4 is 22.1 Å². The number of rotatable bonds is 3. The second-order valence-electron chi connectivity index (χ2n) is 5.91. The summed E-state index contributed by atoms with van der Waals surface area (Å²) in [5.74, 6) is 0.686. The minimum atomic E-state index is -0.426. The Morgan fingerprint density at radius 2 is 2.04 bits per heavy atom. The Labute approximate surface area is 157 Å². The largest absolute Gasteiger partial charge is 0.385 e. The number of H-pyrrole nitrogens is 2. The number of imidazole rings is 1. The van der Waals surface area contributed by atoms with Gasteiger partial charge >= 0.3 is 5.69 Å². The van der Waals surface area contributed by atoms with Crippen molar-refractivity contribution in [2.24, 2.45) is 0 Å². The Morgan fingerprint density at radius 3 is 2.74 bits per heavy atom. The zero-order valence-electron chi connectivity index (χ0n) is 14.0. The van der Waals surface area contributed by atoms with E-state index >= 15 is 0 Å². The molecule has 1 aliphatic rings. The van der Waals surface area contributed by atoms with Crippen LogP contribution in [-0.4, -0.2) is 32.7 Å². The van der Waals surface area contributed by atoms with E-state index in [-0.39, 0.29) is 24.0 Å². The van der Waals surface area contributed by atoms with Gasteiger partial charge in [0.2, 0.25) is 5.91 Å². The Kier molecular flexibility index (Phi) is 3.93. The average Bonchev–Trinajstić information content (AvgIpc) is 3.19. The number of fused-ring (bicyclic) bond motifs is 1. The third kappa shape index (κ3) is 2.65. The first kappa shape index (κ1) is 16.9. The topological polar surface area (TPSA) is 150 Å². The summed E-state index contributed by atoms with van der Waals surface area (Å²) in [5, 5.41) is 9.05. The van der Waals surface area contributed by atoms with Crippen molar-refractivity contribution >= 4 is 35.0 Å². The molecule has 0 aliphatic carbocycles. The number of anilines is 3. The van der Waals surface area contributed by atoms with E-state index < -0.39 is 5.69 Å². The number of nitriles is 1. The minimum Gasteiger partial charge on any atom is -0.385 e. The van der Waals surface area contributed by atoms with E-state index in [1.54, 1.807) is 24.4 Å². The third-order valence-corrected chi connectivity index (χ3v) is 5.38. The predicted octanol–water partition coefficient (Wildman–Crippen LogP) is 1.29. The molecule has 3 aromatic rings. The van der Waals surface area contributed by atoms with Crippen molar-refractivity contribution < 1.29 is 4.79 Å². The molecule has 0 fully saturated rings. The molecular weight excluding hydrogens is 366 g/mol. The number of carbonyl (C=O) groups is 1. The van der Waals surface area contributed by atoms with Crippen molar-refractivity contribution in [2.45, 2.75) is 4.90 Å². The van der Waals surface area contributed by atoms with Gasteiger partial charge in [0.25, 0.3) is 0 Å². The molecular formula is C17H15N7O2S. The molecule has 27 heavy (non-hydrogen) atoms. The Bertz CT molecular complexity index is 1150. The average molecular weight is 381 g/mol. The lowest BCUT2D eigenvalue weighted by atomic mass is 10.2. The van der Waals surface area contributed by atoms with E-state index in [9.17, 15) is 9.59 Å². The molecule has 0 atom stereocenters. The lowest BCUT2D eigenvalue weighted by molar-refractivity contribution is -0.116. The van der Waals surface area contributed by atoms with Crippen LogP contribution >= 0.6 is 11.8 Å². The maximum atomic E-state index is 12.5. The monoisotopic (exact) mass is 381 g/mol. The van der Waals surface area contributed by atoms with E-state index in [0.29, 0.717) is 28.5 Å². The normalized spacial score (nSPS) is 13.4. The lowest BCUT2D eigenvalue weighted by Crippen LogP contribution is -2.35. The molecule has 0 radical (unpaired) electrons. The molecule has 10 heteroatoms. The quantitative estimate of drug-likeness (QED) is 0.502. The Morgan fingerprint density at radius 1 is 1.22 bits per heavy atom. The second kappa shape index (κ2) is 6.30. The van der Waals surface area contributed by atoms with E-state index in [1.165, 1.54) is 21.2 Å². The van der Waals surface area contributed by atoms with E-state index in [2.05, 4.69) is 9.97 Å². The summed E-state index contributed by atoms with van der Waals surface area (Å²) in [4.78, 5) is 32.5. The fourth-order valence-corrected chi connectivity index (χ4v) is 4.04. The standard InChI is InChI=1S/C17H15N7O2S/c18-4-6-23-11-7-9(1-2-12(11)27-8-13(23)25)24-14(16(20)22-17(24)26)10-3-5-21-15(10)19/h1-3,5,7,21H,6,8,19-20H2,(H,22,26). The third-order valence-electron chi connectivity index (χ3n) is 4.33. The van der Waals surface area contributed by atoms with Gasteiger partial charge in [-0.1, -0.05) is 0 Å². The van der Waals surface area contributed by atoms with Crippen LogP contribution in [-0.2, 0) is 4.79 Å². The molecule has 4 rings (SSSR count). The van der Waals surface area contributed by atoms with Crippen LogP contribution in [0.2, 0.25) is 0 Å². The number of hydrogen-bond acceptors (Lipinski definition) is 6. The molecule has 2 aromatic heterocycles. The molecule has 1 aromatic carbocycles. The maximum Gasteiger partial charge on any atom is 0.332 e. The minimum absolute atomic E-state index is 0.0579. The van der Waals surface area contributed by atoms with Gasteiger partial charge in [-0.15, -0.1) is 11.8 Å². The molecule has 0 unspecified atom stereocenters. The summed E-state index contributed by atoms with van der Waals surface area (Å²) < 4.78 is 1.41. The molecule has 0 spiro atoms. The zero-order chi connectivity index (χ0) is 19.1. The molecule has 136 valence electrons. The molecule has 3 heterocycles. The SMILES string of the molecule is N#CCN1C(=O)CSc2ccc(-n3c(-c4cc[nH]c4N)c(N)[nH]c3=O)cc21. The van der Waals surface area contributed by atoms with Gasteiger partial charge in [-0.25, -0.2) is 4.79 Å². The summed E-state index contributed by atoms with van der Waals surface area (Å²) in [7, 11) is 0. The second-order valence-corrected chi connectivity index (χ2v) is 6.93. The van der Waals surface area contributed by atoms with Crippen molar-refractivity contribution in [1.82, 2.24) is 14.5 Å². The molecule has 6 N–H and O–H groups in total. The van der Waals surface area contributed by atoms with Gasteiger partial charge in [0.15, 0.2) is 0 Å². The first-order valence-corrected chi connectivity index (χ1v) is 8.98. The summed E-state index contributed by atoms with van der Waals surface area (Å²) >= 11 is 1.40. The van der Waals surface area contributed by atoms with Crippen molar-refractivity contribution in [3.8, 4) is 23.0 Å². The van der Waals surface area contributed by atoms with Gasteiger partial charge in [0.05, 0.1) is 23.2 Å². The van der Waals surface area contributed by atoms with Crippen molar-refractivity contribution in [2.75, 3.05) is 28.7 Å².